The average molecular weight is 523 g/mol. The first kappa shape index (κ1) is 27.5. The highest BCUT2D eigenvalue weighted by Crippen LogP contribution is 2.32. The Morgan fingerprint density at radius 2 is 1.94 bits per heavy atom. The van der Waals surface area contributed by atoms with Crippen molar-refractivity contribution in [3.05, 3.63) is 23.2 Å². The molecular weight excluding hydrogens is 488 g/mol. The number of hydrogen-bond donors (Lipinski definition) is 4. The second-order valence-electron chi connectivity index (χ2n) is 9.63. The molecule has 5 N–H and O–H groups in total. The molecule has 1 aliphatic carbocycles. The number of imide groups is 1. The van der Waals surface area contributed by atoms with Gasteiger partial charge in [0.15, 0.2) is 6.29 Å². The van der Waals surface area contributed by atoms with Crippen molar-refractivity contribution in [2.24, 2.45) is 22.9 Å². The molecule has 2 fully saturated rings. The lowest BCUT2D eigenvalue weighted by Crippen LogP contribution is -2.71. The Balaban J connectivity index is 1.83. The Labute approximate surface area is 215 Å². The lowest BCUT2D eigenvalue weighted by atomic mass is 9.83. The van der Waals surface area contributed by atoms with E-state index in [9.17, 15) is 14.4 Å². The highest BCUT2D eigenvalue weighted by atomic mass is 35.5. The molecule has 1 unspecified atom stereocenters. The van der Waals surface area contributed by atoms with Gasteiger partial charge >= 0.3 is 12.1 Å². The number of nitrogens with one attached hydrogen (secondary N) is 3. The van der Waals surface area contributed by atoms with Crippen molar-refractivity contribution in [1.29, 1.82) is 5.53 Å². The summed E-state index contributed by atoms with van der Waals surface area (Å²) in [5.41, 5.74) is 9.27. The summed E-state index contributed by atoms with van der Waals surface area (Å²) in [6.07, 6.45) is 2.88. The van der Waals surface area contributed by atoms with E-state index in [-0.39, 0.29) is 25.0 Å². The maximum atomic E-state index is 13.5. The van der Waals surface area contributed by atoms with E-state index < -0.39 is 24.3 Å². The molecule has 2 aliphatic rings. The number of halogens is 1. The molecule has 1 atom stereocenters. The van der Waals surface area contributed by atoms with Crippen molar-refractivity contribution in [2.75, 3.05) is 18.4 Å². The average Bonchev–Trinajstić information content (AvgIpc) is 2.82. The van der Waals surface area contributed by atoms with E-state index in [2.05, 4.69) is 17.5 Å². The largest absolute Gasteiger partial charge is 0.489 e. The van der Waals surface area contributed by atoms with Crippen molar-refractivity contribution < 1.29 is 19.1 Å². The molecule has 1 heterocycles. The van der Waals surface area contributed by atoms with E-state index >= 15 is 0 Å². The van der Waals surface area contributed by atoms with Crippen molar-refractivity contribution >= 4 is 35.3 Å². The molecule has 13 heteroatoms. The number of rotatable bonds is 10. The molecule has 1 aromatic rings. The molecule has 1 saturated carbocycles. The zero-order valence-corrected chi connectivity index (χ0v) is 21.6. The number of carbonyl (C=O) groups is 3. The number of urea groups is 2. The van der Waals surface area contributed by atoms with Crippen LogP contribution in [-0.4, -0.2) is 58.3 Å². The lowest BCUT2D eigenvalue weighted by molar-refractivity contribution is -0.121. The number of nitrogens with zero attached hydrogens (tertiary/aromatic N) is 4. The number of hydrazine groups is 1. The summed E-state index contributed by atoms with van der Waals surface area (Å²) in [6.45, 7) is 6.23. The van der Waals surface area contributed by atoms with E-state index in [1.807, 2.05) is 19.3 Å². The van der Waals surface area contributed by atoms with Gasteiger partial charge in [0.25, 0.3) is 0 Å². The molecule has 1 aromatic carbocycles. The number of hydrogen-bond acceptors (Lipinski definition) is 8. The highest BCUT2D eigenvalue weighted by Gasteiger charge is 2.44. The minimum absolute atomic E-state index is 0.0500. The summed E-state index contributed by atoms with van der Waals surface area (Å²) in [5, 5.41) is 7.32. The quantitative estimate of drug-likeness (QED) is 0.156. The van der Waals surface area contributed by atoms with Crippen LogP contribution in [0.3, 0.4) is 0 Å². The zero-order valence-electron chi connectivity index (χ0n) is 20.9. The van der Waals surface area contributed by atoms with Crippen LogP contribution >= 0.6 is 11.6 Å². The van der Waals surface area contributed by atoms with Gasteiger partial charge in [0.2, 0.25) is 5.91 Å². The first-order valence-electron chi connectivity index (χ1n) is 12.1. The fourth-order valence-corrected chi connectivity index (χ4v) is 4.69. The van der Waals surface area contributed by atoms with Crippen LogP contribution in [0.5, 0.6) is 5.75 Å². The molecule has 12 nitrogen and oxygen atoms in total. The number of carbonyl (C=O) groups excluding carboxylic acids is 3. The van der Waals surface area contributed by atoms with Gasteiger partial charge in [-0.2, -0.15) is 5.53 Å². The van der Waals surface area contributed by atoms with E-state index in [0.29, 0.717) is 28.9 Å². The second-order valence-corrected chi connectivity index (χ2v) is 10.0. The summed E-state index contributed by atoms with van der Waals surface area (Å²) in [5.74, 6) is 7.06. The van der Waals surface area contributed by atoms with Gasteiger partial charge in [-0.05, 0) is 56.7 Å². The topological polar surface area (TPSA) is 156 Å². The lowest BCUT2D eigenvalue weighted by Gasteiger charge is -2.46. The van der Waals surface area contributed by atoms with Gasteiger partial charge in [-0.25, -0.2) is 30.8 Å². The van der Waals surface area contributed by atoms with Crippen molar-refractivity contribution in [3.8, 4) is 5.75 Å². The van der Waals surface area contributed by atoms with Crippen LogP contribution in [0.4, 0.5) is 15.3 Å². The minimum Gasteiger partial charge on any atom is -0.489 e. The third kappa shape index (κ3) is 6.76. The van der Waals surface area contributed by atoms with Gasteiger partial charge in [-0.15, -0.1) is 0 Å². The number of ether oxygens (including phenoxy) is 1. The Bertz CT molecular complexity index is 969. The Kier molecular flexibility index (Phi) is 9.32. The molecule has 0 bridgehead atoms. The highest BCUT2D eigenvalue weighted by molar-refractivity contribution is 6.32. The molecule has 0 aromatic heterocycles. The van der Waals surface area contributed by atoms with Gasteiger partial charge in [0, 0.05) is 25.2 Å². The normalized spacial score (nSPS) is 22.6. The van der Waals surface area contributed by atoms with E-state index in [4.69, 9.17) is 27.7 Å². The molecule has 3 rings (SSSR count). The second kappa shape index (κ2) is 12.2. The van der Waals surface area contributed by atoms with Crippen LogP contribution < -0.4 is 21.3 Å². The Morgan fingerprint density at radius 1 is 1.25 bits per heavy atom. The number of anilines is 1. The van der Waals surface area contributed by atoms with Gasteiger partial charge in [0.05, 0.1) is 11.1 Å². The van der Waals surface area contributed by atoms with Crippen molar-refractivity contribution in [2.45, 2.75) is 65.3 Å². The molecule has 198 valence electrons. The number of amides is 5. The van der Waals surface area contributed by atoms with Crippen LogP contribution in [0.1, 0.15) is 52.9 Å². The Morgan fingerprint density at radius 3 is 2.56 bits per heavy atom. The third-order valence-corrected chi connectivity index (χ3v) is 6.71. The van der Waals surface area contributed by atoms with Gasteiger partial charge < -0.3 is 10.1 Å². The summed E-state index contributed by atoms with van der Waals surface area (Å²) < 4.78 is 5.68. The number of nitrogens with two attached hydrogens (primary N) is 1. The summed E-state index contributed by atoms with van der Waals surface area (Å²) in [4.78, 5) is 40.8. The fraction of sp³-hybridized carbons (Fsp3) is 0.609. The standard InChI is InChI=1S/C23H35ClN8O4/c1-14(2)36-19-9-8-17(12-18(19)24)27-21-31(13-16-6-4-15(3)5-7-16)22(34)30(23(35)32(21)26)11-10-20(33)28-29-25/h8-9,12,14-16,21,27H,4-7,10-11,13,26H2,1-3H3,(H2,25,28,33). The predicted molar refractivity (Wildman–Crippen MR) is 134 cm³/mol. The summed E-state index contributed by atoms with van der Waals surface area (Å²) in [7, 11) is 0. The maximum absolute atomic E-state index is 13.5. The monoisotopic (exact) mass is 522 g/mol. The van der Waals surface area contributed by atoms with Crippen LogP contribution in [0.2, 0.25) is 5.02 Å². The Hall–Kier alpha value is -3.12. The molecule has 0 spiro atoms. The van der Waals surface area contributed by atoms with Crippen molar-refractivity contribution in [3.63, 3.8) is 0 Å². The van der Waals surface area contributed by atoms with Crippen molar-refractivity contribution in [1.82, 2.24) is 20.2 Å². The molecule has 1 aliphatic heterocycles. The molecule has 1 saturated heterocycles. The van der Waals surface area contributed by atoms with Gasteiger partial charge in [0.1, 0.15) is 5.75 Å². The van der Waals surface area contributed by atoms with E-state index in [1.54, 1.807) is 18.2 Å². The zero-order chi connectivity index (χ0) is 26.4. The molecular formula is C23H35ClN8O4. The van der Waals surface area contributed by atoms with Crippen LogP contribution in [0.15, 0.2) is 23.4 Å². The molecule has 36 heavy (non-hydrogen) atoms. The SMILES string of the molecule is CC1CCC(CN2C(=O)N(CCC(=O)NN=N)C(=O)N(N)C2Nc2ccc(OC(C)C)c(Cl)c2)CC1. The van der Waals surface area contributed by atoms with Crippen LogP contribution in [0.25, 0.3) is 0 Å². The van der Waals surface area contributed by atoms with Gasteiger partial charge in [-0.1, -0.05) is 36.6 Å². The summed E-state index contributed by atoms with van der Waals surface area (Å²) in [6, 6.07) is 3.83. The smallest absolute Gasteiger partial charge is 0.345 e. The first-order chi connectivity index (χ1) is 17.1. The summed E-state index contributed by atoms with van der Waals surface area (Å²) >= 11 is 6.39. The first-order valence-corrected chi connectivity index (χ1v) is 12.5. The minimum atomic E-state index is -0.953. The third-order valence-electron chi connectivity index (χ3n) is 6.41. The van der Waals surface area contributed by atoms with Crippen LogP contribution in [-0.2, 0) is 4.79 Å². The molecule has 5 amide bonds. The fourth-order valence-electron chi connectivity index (χ4n) is 4.46. The van der Waals surface area contributed by atoms with E-state index in [1.165, 1.54) is 4.90 Å². The maximum Gasteiger partial charge on any atom is 0.345 e. The molecule has 0 radical (unpaired) electrons. The predicted octanol–water partition coefficient (Wildman–Crippen LogP) is 4.13. The van der Waals surface area contributed by atoms with E-state index in [0.717, 1.165) is 35.6 Å². The van der Waals surface area contributed by atoms with Gasteiger partial charge in [-0.3, -0.25) is 9.69 Å². The number of benzene rings is 1. The van der Waals surface area contributed by atoms with Crippen LogP contribution in [0, 0.1) is 17.4 Å².